The summed E-state index contributed by atoms with van der Waals surface area (Å²) in [6.07, 6.45) is 2.96. The van der Waals surface area contributed by atoms with Crippen molar-refractivity contribution in [3.8, 4) is 11.5 Å². The zero-order valence-corrected chi connectivity index (χ0v) is 14.0. The van der Waals surface area contributed by atoms with Gasteiger partial charge in [0.05, 0.1) is 14.2 Å². The van der Waals surface area contributed by atoms with Gasteiger partial charge in [0.1, 0.15) is 11.5 Å². The summed E-state index contributed by atoms with van der Waals surface area (Å²) in [6, 6.07) is 16.1. The van der Waals surface area contributed by atoms with Crippen molar-refractivity contribution in [1.82, 2.24) is 0 Å². The normalized spacial score (nSPS) is 10.2. The van der Waals surface area contributed by atoms with Crippen LogP contribution in [-0.2, 0) is 0 Å². The van der Waals surface area contributed by atoms with Gasteiger partial charge < -0.3 is 9.47 Å². The van der Waals surface area contributed by atoms with Gasteiger partial charge >= 0.3 is 0 Å². The SMILES string of the molecule is C=C(CCCC(=C)c1ccc(OC)cc1)c1ccc(OC)cc1. The lowest BCUT2D eigenvalue weighted by atomic mass is 9.97. The Morgan fingerprint density at radius 3 is 1.35 bits per heavy atom. The monoisotopic (exact) mass is 308 g/mol. The van der Waals surface area contributed by atoms with Crippen molar-refractivity contribution >= 4 is 11.1 Å². The largest absolute Gasteiger partial charge is 0.497 e. The minimum Gasteiger partial charge on any atom is -0.497 e. The predicted molar refractivity (Wildman–Crippen MR) is 97.9 cm³/mol. The molecule has 0 radical (unpaired) electrons. The van der Waals surface area contributed by atoms with Gasteiger partial charge in [0.2, 0.25) is 0 Å². The zero-order chi connectivity index (χ0) is 16.7. The molecule has 120 valence electrons. The first-order valence-electron chi connectivity index (χ1n) is 7.78. The molecule has 2 aromatic carbocycles. The molecule has 2 heteroatoms. The molecule has 2 aromatic rings. The highest BCUT2D eigenvalue weighted by atomic mass is 16.5. The van der Waals surface area contributed by atoms with Gasteiger partial charge in [-0.25, -0.2) is 0 Å². The van der Waals surface area contributed by atoms with Gasteiger partial charge in [-0.1, -0.05) is 37.4 Å². The lowest BCUT2D eigenvalue weighted by Gasteiger charge is -2.09. The predicted octanol–water partition coefficient (Wildman–Crippen LogP) is 5.60. The highest BCUT2D eigenvalue weighted by Gasteiger charge is 2.03. The number of allylic oxidation sites excluding steroid dienone is 2. The van der Waals surface area contributed by atoms with Crippen molar-refractivity contribution in [2.75, 3.05) is 14.2 Å². The molecule has 2 nitrogen and oxygen atoms in total. The standard InChI is InChI=1S/C21H24O2/c1-16(18-8-12-20(22-3)13-9-18)6-5-7-17(2)19-10-14-21(23-4)15-11-19/h8-15H,1-2,5-7H2,3-4H3. The van der Waals surface area contributed by atoms with Gasteiger partial charge in [-0.3, -0.25) is 0 Å². The highest BCUT2D eigenvalue weighted by molar-refractivity contribution is 5.66. The van der Waals surface area contributed by atoms with Crippen molar-refractivity contribution in [3.05, 3.63) is 72.8 Å². The van der Waals surface area contributed by atoms with E-state index in [-0.39, 0.29) is 0 Å². The van der Waals surface area contributed by atoms with Crippen LogP contribution in [0.3, 0.4) is 0 Å². The Bertz CT molecular complexity index is 592. The molecule has 0 N–H and O–H groups in total. The molecule has 0 aliphatic heterocycles. The highest BCUT2D eigenvalue weighted by Crippen LogP contribution is 2.25. The van der Waals surface area contributed by atoms with Crippen LogP contribution in [0.15, 0.2) is 61.7 Å². The number of ether oxygens (including phenoxy) is 2. The van der Waals surface area contributed by atoms with E-state index in [1.54, 1.807) is 14.2 Å². The molecule has 0 spiro atoms. The molecule has 0 fully saturated rings. The van der Waals surface area contributed by atoms with Gasteiger partial charge in [-0.2, -0.15) is 0 Å². The van der Waals surface area contributed by atoms with E-state index in [0.717, 1.165) is 41.9 Å². The van der Waals surface area contributed by atoms with Crippen molar-refractivity contribution in [3.63, 3.8) is 0 Å². The molecule has 0 heterocycles. The van der Waals surface area contributed by atoms with E-state index < -0.39 is 0 Å². The number of rotatable bonds is 8. The maximum Gasteiger partial charge on any atom is 0.118 e. The zero-order valence-electron chi connectivity index (χ0n) is 14.0. The second kappa shape index (κ2) is 8.23. The maximum atomic E-state index is 5.18. The molecular weight excluding hydrogens is 284 g/mol. The fourth-order valence-electron chi connectivity index (χ4n) is 2.46. The fraction of sp³-hybridized carbons (Fsp3) is 0.238. The molecular formula is C21H24O2. The molecule has 0 bridgehead atoms. The summed E-state index contributed by atoms with van der Waals surface area (Å²) in [5.74, 6) is 1.74. The van der Waals surface area contributed by atoms with Crippen molar-refractivity contribution in [1.29, 1.82) is 0 Å². The van der Waals surface area contributed by atoms with E-state index in [9.17, 15) is 0 Å². The summed E-state index contributed by atoms with van der Waals surface area (Å²) in [7, 11) is 3.35. The number of benzene rings is 2. The third kappa shape index (κ3) is 4.75. The average Bonchev–Trinajstić information content (AvgIpc) is 2.61. The van der Waals surface area contributed by atoms with Gasteiger partial charge in [0.25, 0.3) is 0 Å². The Hall–Kier alpha value is -2.48. The average molecular weight is 308 g/mol. The minimum absolute atomic E-state index is 0.870. The minimum atomic E-state index is 0.870. The van der Waals surface area contributed by atoms with E-state index in [0.29, 0.717) is 0 Å². The van der Waals surface area contributed by atoms with Crippen molar-refractivity contribution in [2.24, 2.45) is 0 Å². The third-order valence-corrected chi connectivity index (χ3v) is 3.95. The van der Waals surface area contributed by atoms with Crippen molar-refractivity contribution < 1.29 is 9.47 Å². The van der Waals surface area contributed by atoms with Crippen LogP contribution in [0.4, 0.5) is 0 Å². The molecule has 0 amide bonds. The number of methoxy groups -OCH3 is 2. The second-order valence-electron chi connectivity index (χ2n) is 5.52. The first kappa shape index (κ1) is 16.9. The van der Waals surface area contributed by atoms with Gasteiger partial charge in [0.15, 0.2) is 0 Å². The summed E-state index contributed by atoms with van der Waals surface area (Å²) in [6.45, 7) is 8.37. The molecule has 0 saturated heterocycles. The maximum absolute atomic E-state index is 5.18. The van der Waals surface area contributed by atoms with Crippen LogP contribution in [-0.4, -0.2) is 14.2 Å². The lowest BCUT2D eigenvalue weighted by molar-refractivity contribution is 0.414. The molecule has 2 rings (SSSR count). The van der Waals surface area contributed by atoms with E-state index in [4.69, 9.17) is 9.47 Å². The number of hydrogen-bond acceptors (Lipinski definition) is 2. The van der Waals surface area contributed by atoms with Gasteiger partial charge in [-0.05, 0) is 65.8 Å². The smallest absolute Gasteiger partial charge is 0.118 e. The summed E-state index contributed by atoms with van der Waals surface area (Å²) in [5.41, 5.74) is 4.63. The van der Waals surface area contributed by atoms with Crippen LogP contribution in [0.1, 0.15) is 30.4 Å². The first-order chi connectivity index (χ1) is 11.1. The van der Waals surface area contributed by atoms with E-state index in [2.05, 4.69) is 37.4 Å². The number of hydrogen-bond donors (Lipinski definition) is 0. The van der Waals surface area contributed by atoms with Crippen LogP contribution in [0.5, 0.6) is 11.5 Å². The quantitative estimate of drug-likeness (QED) is 0.632. The van der Waals surface area contributed by atoms with E-state index >= 15 is 0 Å². The second-order valence-corrected chi connectivity index (χ2v) is 5.52. The van der Waals surface area contributed by atoms with Gasteiger partial charge in [0, 0.05) is 0 Å². The summed E-state index contributed by atoms with van der Waals surface area (Å²) >= 11 is 0. The van der Waals surface area contributed by atoms with Gasteiger partial charge in [-0.15, -0.1) is 0 Å². The summed E-state index contributed by atoms with van der Waals surface area (Å²) in [5, 5.41) is 0. The third-order valence-electron chi connectivity index (χ3n) is 3.95. The van der Waals surface area contributed by atoms with Crippen molar-refractivity contribution in [2.45, 2.75) is 19.3 Å². The molecule has 0 unspecified atom stereocenters. The fourth-order valence-corrected chi connectivity index (χ4v) is 2.46. The Balaban J connectivity index is 1.83. The molecule has 0 aliphatic rings. The summed E-state index contributed by atoms with van der Waals surface area (Å²) in [4.78, 5) is 0. The van der Waals surface area contributed by atoms with E-state index in [1.807, 2.05) is 24.3 Å². The van der Waals surface area contributed by atoms with Crippen LogP contribution >= 0.6 is 0 Å². The Morgan fingerprint density at radius 2 is 1.04 bits per heavy atom. The topological polar surface area (TPSA) is 18.5 Å². The Kier molecular flexibility index (Phi) is 6.04. The van der Waals surface area contributed by atoms with Crippen LogP contribution in [0.2, 0.25) is 0 Å². The summed E-state index contributed by atoms with van der Waals surface area (Å²) < 4.78 is 10.4. The lowest BCUT2D eigenvalue weighted by Crippen LogP contribution is -1.88. The molecule has 0 aromatic heterocycles. The van der Waals surface area contributed by atoms with Crippen LogP contribution in [0.25, 0.3) is 11.1 Å². The molecule has 0 saturated carbocycles. The Labute approximate surface area is 139 Å². The molecule has 0 aliphatic carbocycles. The van der Waals surface area contributed by atoms with Crippen LogP contribution in [0, 0.1) is 0 Å². The Morgan fingerprint density at radius 1 is 0.696 bits per heavy atom. The van der Waals surface area contributed by atoms with E-state index in [1.165, 1.54) is 11.1 Å². The molecule has 23 heavy (non-hydrogen) atoms. The van der Waals surface area contributed by atoms with Crippen LogP contribution < -0.4 is 9.47 Å². The first-order valence-corrected chi connectivity index (χ1v) is 7.78. The molecule has 0 atom stereocenters.